The molecule has 0 aliphatic rings. The highest BCUT2D eigenvalue weighted by molar-refractivity contribution is 5.78. The number of aromatic nitrogens is 2. The molecule has 2 aromatic carbocycles. The van der Waals surface area contributed by atoms with E-state index in [0.717, 1.165) is 43.2 Å². The Labute approximate surface area is 172 Å². The number of hydrogen-bond acceptors (Lipinski definition) is 5. The van der Waals surface area contributed by atoms with Crippen LogP contribution in [0.1, 0.15) is 26.6 Å². The second-order valence-corrected chi connectivity index (χ2v) is 6.81. The van der Waals surface area contributed by atoms with Gasteiger partial charge in [0, 0.05) is 13.1 Å². The molecule has 0 saturated heterocycles. The van der Waals surface area contributed by atoms with Gasteiger partial charge in [-0.15, -0.1) is 0 Å². The number of likely N-dealkylation sites (N-methyl/N-ethyl adjacent to an activating group) is 2. The third kappa shape index (κ3) is 4.83. The summed E-state index contributed by atoms with van der Waals surface area (Å²) in [7, 11) is 0. The van der Waals surface area contributed by atoms with Gasteiger partial charge in [0.05, 0.1) is 29.7 Å². The number of fused-ring (bicyclic) bond motifs is 1. The van der Waals surface area contributed by atoms with Crippen molar-refractivity contribution < 1.29 is 4.74 Å². The van der Waals surface area contributed by atoms with E-state index in [1.165, 1.54) is 0 Å². The lowest BCUT2D eigenvalue weighted by atomic mass is 10.2. The SMILES string of the molecule is CCNCCN(CC)Cc1nc2ccccc2c(=O)n1-c1ccccc1OCC. The summed E-state index contributed by atoms with van der Waals surface area (Å²) >= 11 is 0. The number of ether oxygens (including phenoxy) is 1. The number of nitrogens with one attached hydrogen (secondary N) is 1. The molecule has 0 unspecified atom stereocenters. The first kappa shape index (κ1) is 21.0. The Balaban J connectivity index is 2.13. The van der Waals surface area contributed by atoms with E-state index in [0.29, 0.717) is 24.3 Å². The van der Waals surface area contributed by atoms with Gasteiger partial charge in [-0.3, -0.25) is 14.3 Å². The second kappa shape index (κ2) is 10.2. The Bertz CT molecular complexity index is 1000. The molecule has 1 aromatic heterocycles. The highest BCUT2D eigenvalue weighted by Crippen LogP contribution is 2.24. The number of hydrogen-bond donors (Lipinski definition) is 1. The van der Waals surface area contributed by atoms with E-state index in [-0.39, 0.29) is 5.56 Å². The third-order valence-electron chi connectivity index (χ3n) is 4.92. The largest absolute Gasteiger partial charge is 0.492 e. The molecule has 1 heterocycles. The minimum atomic E-state index is -0.0690. The molecule has 29 heavy (non-hydrogen) atoms. The maximum absolute atomic E-state index is 13.5. The van der Waals surface area contributed by atoms with Crippen molar-refractivity contribution in [2.45, 2.75) is 27.3 Å². The van der Waals surface area contributed by atoms with Gasteiger partial charge in [0.2, 0.25) is 0 Å². The first-order chi connectivity index (χ1) is 14.2. The number of nitrogens with zero attached hydrogens (tertiary/aromatic N) is 3. The average Bonchev–Trinajstić information content (AvgIpc) is 2.74. The van der Waals surface area contributed by atoms with Gasteiger partial charge >= 0.3 is 0 Å². The molecule has 0 amide bonds. The normalized spacial score (nSPS) is 11.3. The molecule has 1 N–H and O–H groups in total. The molecule has 0 aliphatic carbocycles. The smallest absolute Gasteiger partial charge is 0.266 e. The van der Waals surface area contributed by atoms with Crippen molar-refractivity contribution in [1.82, 2.24) is 19.8 Å². The maximum Gasteiger partial charge on any atom is 0.266 e. The Morgan fingerprint density at radius 3 is 2.59 bits per heavy atom. The summed E-state index contributed by atoms with van der Waals surface area (Å²) in [6.07, 6.45) is 0. The molecule has 154 valence electrons. The zero-order valence-corrected chi connectivity index (χ0v) is 17.5. The summed E-state index contributed by atoms with van der Waals surface area (Å²) in [5.74, 6) is 1.41. The lowest BCUT2D eigenvalue weighted by Gasteiger charge is -2.23. The predicted octanol–water partition coefficient (Wildman–Crippen LogP) is 3.22. The van der Waals surface area contributed by atoms with Gasteiger partial charge < -0.3 is 10.1 Å². The molecular weight excluding hydrogens is 364 g/mol. The van der Waals surface area contributed by atoms with Crippen LogP contribution in [0.15, 0.2) is 53.3 Å². The molecule has 0 fully saturated rings. The van der Waals surface area contributed by atoms with Crippen molar-refractivity contribution in [2.24, 2.45) is 0 Å². The Kier molecular flexibility index (Phi) is 7.38. The topological polar surface area (TPSA) is 59.4 Å². The van der Waals surface area contributed by atoms with Crippen molar-refractivity contribution in [2.75, 3.05) is 32.8 Å². The van der Waals surface area contributed by atoms with E-state index in [1.54, 1.807) is 4.57 Å². The van der Waals surface area contributed by atoms with Gasteiger partial charge in [-0.1, -0.05) is 38.1 Å². The molecule has 3 aromatic rings. The molecule has 0 spiro atoms. The van der Waals surface area contributed by atoms with Crippen LogP contribution in [0.25, 0.3) is 16.6 Å². The lowest BCUT2D eigenvalue weighted by molar-refractivity contribution is 0.270. The Morgan fingerprint density at radius 2 is 1.83 bits per heavy atom. The van der Waals surface area contributed by atoms with E-state index in [2.05, 4.69) is 24.1 Å². The minimum Gasteiger partial charge on any atom is -0.492 e. The first-order valence-electron chi connectivity index (χ1n) is 10.4. The second-order valence-electron chi connectivity index (χ2n) is 6.81. The van der Waals surface area contributed by atoms with Gasteiger partial charge in [0.25, 0.3) is 5.56 Å². The van der Waals surface area contributed by atoms with E-state index < -0.39 is 0 Å². The molecule has 3 rings (SSSR count). The van der Waals surface area contributed by atoms with Crippen molar-refractivity contribution in [3.05, 3.63) is 64.7 Å². The minimum absolute atomic E-state index is 0.0690. The number of rotatable bonds is 10. The molecule has 0 atom stereocenters. The quantitative estimate of drug-likeness (QED) is 0.535. The Morgan fingerprint density at radius 1 is 1.07 bits per heavy atom. The van der Waals surface area contributed by atoms with E-state index in [1.807, 2.05) is 55.5 Å². The molecule has 0 radical (unpaired) electrons. The summed E-state index contributed by atoms with van der Waals surface area (Å²) in [4.78, 5) is 20.6. The van der Waals surface area contributed by atoms with E-state index in [4.69, 9.17) is 9.72 Å². The molecule has 6 heteroatoms. The van der Waals surface area contributed by atoms with Gasteiger partial charge in [0.15, 0.2) is 0 Å². The summed E-state index contributed by atoms with van der Waals surface area (Å²) in [5.41, 5.74) is 1.39. The molecule has 6 nitrogen and oxygen atoms in total. The van der Waals surface area contributed by atoms with Crippen LogP contribution in [-0.4, -0.2) is 47.2 Å². The number of para-hydroxylation sites is 3. The highest BCUT2D eigenvalue weighted by Gasteiger charge is 2.17. The van der Waals surface area contributed by atoms with Crippen LogP contribution in [0.2, 0.25) is 0 Å². The van der Waals surface area contributed by atoms with Crippen LogP contribution in [0.3, 0.4) is 0 Å². The van der Waals surface area contributed by atoms with Crippen molar-refractivity contribution in [3.63, 3.8) is 0 Å². The molecule has 0 aliphatic heterocycles. The van der Waals surface area contributed by atoms with Crippen LogP contribution in [0, 0.1) is 0 Å². The zero-order valence-electron chi connectivity index (χ0n) is 17.5. The van der Waals surface area contributed by atoms with Gasteiger partial charge in [-0.25, -0.2) is 4.98 Å². The van der Waals surface area contributed by atoms with Gasteiger partial charge in [-0.05, 0) is 44.3 Å². The molecule has 0 saturated carbocycles. The number of benzene rings is 2. The van der Waals surface area contributed by atoms with Crippen LogP contribution in [-0.2, 0) is 6.54 Å². The fourth-order valence-corrected chi connectivity index (χ4v) is 3.42. The fourth-order valence-electron chi connectivity index (χ4n) is 3.42. The predicted molar refractivity (Wildman–Crippen MR) is 118 cm³/mol. The standard InChI is InChI=1S/C23H30N4O2/c1-4-24-15-16-26(5-2)17-22-25-19-12-8-7-11-18(19)23(28)27(22)20-13-9-10-14-21(20)29-6-3/h7-14,24H,4-6,15-17H2,1-3H3. The summed E-state index contributed by atoms with van der Waals surface area (Å²) in [6.45, 7) is 10.9. The van der Waals surface area contributed by atoms with Crippen molar-refractivity contribution >= 4 is 10.9 Å². The van der Waals surface area contributed by atoms with Crippen LogP contribution in [0.4, 0.5) is 0 Å². The van der Waals surface area contributed by atoms with Gasteiger partial charge in [-0.2, -0.15) is 0 Å². The Hall–Kier alpha value is -2.70. The molecular formula is C23H30N4O2. The maximum atomic E-state index is 13.5. The van der Waals surface area contributed by atoms with E-state index in [9.17, 15) is 4.79 Å². The van der Waals surface area contributed by atoms with Gasteiger partial charge in [0.1, 0.15) is 11.6 Å². The highest BCUT2D eigenvalue weighted by atomic mass is 16.5. The molecule has 0 bridgehead atoms. The average molecular weight is 395 g/mol. The third-order valence-corrected chi connectivity index (χ3v) is 4.92. The van der Waals surface area contributed by atoms with Crippen LogP contribution < -0.4 is 15.6 Å². The van der Waals surface area contributed by atoms with Crippen LogP contribution in [0.5, 0.6) is 5.75 Å². The zero-order chi connectivity index (χ0) is 20.6. The van der Waals surface area contributed by atoms with Crippen LogP contribution >= 0.6 is 0 Å². The van der Waals surface area contributed by atoms with Crippen molar-refractivity contribution in [1.29, 1.82) is 0 Å². The monoisotopic (exact) mass is 394 g/mol. The lowest BCUT2D eigenvalue weighted by Crippen LogP contribution is -2.34. The fraction of sp³-hybridized carbons (Fsp3) is 0.391. The summed E-state index contributed by atoms with van der Waals surface area (Å²) < 4.78 is 7.52. The van der Waals surface area contributed by atoms with E-state index >= 15 is 0 Å². The van der Waals surface area contributed by atoms with Crippen molar-refractivity contribution in [3.8, 4) is 11.4 Å². The first-order valence-corrected chi connectivity index (χ1v) is 10.4. The summed E-state index contributed by atoms with van der Waals surface area (Å²) in [6, 6.07) is 15.2. The summed E-state index contributed by atoms with van der Waals surface area (Å²) in [5, 5.41) is 3.97.